The van der Waals surface area contributed by atoms with Crippen LogP contribution in [0.4, 0.5) is 5.69 Å². The molecule has 142 valence electrons. The van der Waals surface area contributed by atoms with Crippen LogP contribution < -0.4 is 14.8 Å². The van der Waals surface area contributed by atoms with Crippen LogP contribution in [0, 0.1) is 0 Å². The number of ether oxygens (including phenoxy) is 2. The molecule has 0 saturated heterocycles. The molecule has 0 spiro atoms. The van der Waals surface area contributed by atoms with Gasteiger partial charge in [-0.05, 0) is 72.8 Å². The zero-order valence-electron chi connectivity index (χ0n) is 15.1. The van der Waals surface area contributed by atoms with Crippen molar-refractivity contribution in [3.63, 3.8) is 0 Å². The maximum absolute atomic E-state index is 12.3. The second kappa shape index (κ2) is 9.06. The lowest BCUT2D eigenvalue weighted by atomic mass is 10.1. The van der Waals surface area contributed by atoms with Crippen LogP contribution >= 0.6 is 11.6 Å². The third kappa shape index (κ3) is 5.59. The second-order valence-electron chi connectivity index (χ2n) is 5.98. The Bertz CT molecular complexity index is 951. The number of carbonyl (C=O) groups excluding carboxylic acids is 2. The summed E-state index contributed by atoms with van der Waals surface area (Å²) in [7, 11) is 0. The summed E-state index contributed by atoms with van der Waals surface area (Å²) in [6.45, 7) is 1.47. The summed E-state index contributed by atoms with van der Waals surface area (Å²) < 4.78 is 10.7. The van der Waals surface area contributed by atoms with Gasteiger partial charge in [-0.2, -0.15) is 0 Å². The Hall–Kier alpha value is -3.31. The van der Waals surface area contributed by atoms with Crippen molar-refractivity contribution >= 4 is 29.0 Å². The smallest absolute Gasteiger partial charge is 0.308 e. The SMILES string of the molecule is CC(=O)Oc1ccc(C(=O)CNc2ccc(Oc3ccc(Cl)cc3)cc2)cc1. The fourth-order valence-corrected chi connectivity index (χ4v) is 2.56. The molecule has 0 saturated carbocycles. The number of hydrogen-bond acceptors (Lipinski definition) is 5. The molecular formula is C22H18ClNO4. The molecule has 0 fully saturated rings. The molecule has 0 aliphatic heterocycles. The molecular weight excluding hydrogens is 378 g/mol. The fraction of sp³-hybridized carbons (Fsp3) is 0.0909. The van der Waals surface area contributed by atoms with E-state index in [0.717, 1.165) is 5.69 Å². The molecule has 1 N–H and O–H groups in total. The summed E-state index contributed by atoms with van der Waals surface area (Å²) in [4.78, 5) is 23.2. The van der Waals surface area contributed by atoms with Crippen molar-refractivity contribution in [3.05, 3.63) is 83.4 Å². The zero-order valence-corrected chi connectivity index (χ0v) is 15.9. The maximum atomic E-state index is 12.3. The quantitative estimate of drug-likeness (QED) is 0.332. The van der Waals surface area contributed by atoms with Crippen molar-refractivity contribution in [3.8, 4) is 17.2 Å². The highest BCUT2D eigenvalue weighted by Gasteiger charge is 2.07. The standard InChI is InChI=1S/C22H18ClNO4/c1-15(25)27-19-8-2-16(3-9-19)22(26)14-24-18-6-12-21(13-7-18)28-20-10-4-17(23)5-11-20/h2-13,24H,14H2,1H3. The number of hydrogen-bond donors (Lipinski definition) is 1. The topological polar surface area (TPSA) is 64.6 Å². The van der Waals surface area contributed by atoms with E-state index in [-0.39, 0.29) is 12.3 Å². The normalized spacial score (nSPS) is 10.2. The number of nitrogens with one attached hydrogen (secondary N) is 1. The zero-order chi connectivity index (χ0) is 19.9. The first-order chi connectivity index (χ1) is 13.5. The van der Waals surface area contributed by atoms with E-state index in [0.29, 0.717) is 27.8 Å². The Balaban J connectivity index is 1.53. The van der Waals surface area contributed by atoms with Gasteiger partial charge < -0.3 is 14.8 Å². The third-order valence-corrected chi connectivity index (χ3v) is 4.05. The van der Waals surface area contributed by atoms with Crippen molar-refractivity contribution < 1.29 is 19.1 Å². The van der Waals surface area contributed by atoms with Crippen LogP contribution in [0.3, 0.4) is 0 Å². The largest absolute Gasteiger partial charge is 0.457 e. The average molecular weight is 396 g/mol. The van der Waals surface area contributed by atoms with Gasteiger partial charge in [-0.1, -0.05) is 11.6 Å². The van der Waals surface area contributed by atoms with E-state index < -0.39 is 5.97 Å². The summed E-state index contributed by atoms with van der Waals surface area (Å²) in [5, 5.41) is 3.73. The molecule has 0 aliphatic rings. The van der Waals surface area contributed by atoms with Gasteiger partial charge in [0.1, 0.15) is 17.2 Å². The summed E-state index contributed by atoms with van der Waals surface area (Å²) in [6.07, 6.45) is 0. The minimum atomic E-state index is -0.399. The molecule has 0 unspecified atom stereocenters. The number of Topliss-reactive ketones (excluding diaryl/α,β-unsaturated/α-hetero) is 1. The van der Waals surface area contributed by atoms with Gasteiger partial charge in [0.25, 0.3) is 0 Å². The maximum Gasteiger partial charge on any atom is 0.308 e. The van der Waals surface area contributed by atoms with E-state index in [1.165, 1.54) is 6.92 Å². The lowest BCUT2D eigenvalue weighted by Gasteiger charge is -2.09. The molecule has 3 aromatic carbocycles. The number of anilines is 1. The summed E-state index contributed by atoms with van der Waals surface area (Å²) in [5.74, 6) is 1.31. The van der Waals surface area contributed by atoms with Gasteiger partial charge in [0, 0.05) is 23.2 Å². The van der Waals surface area contributed by atoms with Crippen molar-refractivity contribution in [2.75, 3.05) is 11.9 Å². The minimum Gasteiger partial charge on any atom is -0.457 e. The highest BCUT2D eigenvalue weighted by molar-refractivity contribution is 6.30. The molecule has 0 aromatic heterocycles. The van der Waals surface area contributed by atoms with Crippen molar-refractivity contribution in [2.24, 2.45) is 0 Å². The first-order valence-corrected chi connectivity index (χ1v) is 8.96. The van der Waals surface area contributed by atoms with Crippen molar-refractivity contribution in [2.45, 2.75) is 6.92 Å². The van der Waals surface area contributed by atoms with Crippen LogP contribution in [0.2, 0.25) is 5.02 Å². The van der Waals surface area contributed by atoms with Gasteiger partial charge in [0.15, 0.2) is 5.78 Å². The third-order valence-electron chi connectivity index (χ3n) is 3.79. The van der Waals surface area contributed by atoms with Crippen molar-refractivity contribution in [1.29, 1.82) is 0 Å². The van der Waals surface area contributed by atoms with Crippen LogP contribution in [-0.4, -0.2) is 18.3 Å². The Labute approximate surface area is 167 Å². The number of halogens is 1. The first-order valence-electron chi connectivity index (χ1n) is 8.58. The molecule has 0 aliphatic carbocycles. The van der Waals surface area contributed by atoms with Crippen LogP contribution in [0.15, 0.2) is 72.8 Å². The van der Waals surface area contributed by atoms with Gasteiger partial charge in [-0.25, -0.2) is 0 Å². The molecule has 5 nitrogen and oxygen atoms in total. The molecule has 0 atom stereocenters. The minimum absolute atomic E-state index is 0.0733. The van der Waals surface area contributed by atoms with Gasteiger partial charge >= 0.3 is 5.97 Å². The van der Waals surface area contributed by atoms with Crippen LogP contribution in [-0.2, 0) is 4.79 Å². The van der Waals surface area contributed by atoms with Gasteiger partial charge in [-0.15, -0.1) is 0 Å². The molecule has 0 heterocycles. The highest BCUT2D eigenvalue weighted by Crippen LogP contribution is 2.24. The van der Waals surface area contributed by atoms with E-state index in [4.69, 9.17) is 21.1 Å². The second-order valence-corrected chi connectivity index (χ2v) is 6.41. The van der Waals surface area contributed by atoms with E-state index in [1.807, 2.05) is 24.3 Å². The molecule has 3 rings (SSSR count). The van der Waals surface area contributed by atoms with Gasteiger partial charge in [-0.3, -0.25) is 9.59 Å². The number of rotatable bonds is 7. The van der Waals surface area contributed by atoms with E-state index in [9.17, 15) is 9.59 Å². The Morgan fingerprint density at radius 1 is 0.821 bits per heavy atom. The molecule has 0 radical (unpaired) electrons. The Morgan fingerprint density at radius 3 is 1.93 bits per heavy atom. The number of esters is 1. The lowest BCUT2D eigenvalue weighted by molar-refractivity contribution is -0.131. The Morgan fingerprint density at radius 2 is 1.36 bits per heavy atom. The first kappa shape index (κ1) is 19.5. The van der Waals surface area contributed by atoms with E-state index in [1.54, 1.807) is 48.5 Å². The number of ketones is 1. The highest BCUT2D eigenvalue weighted by atomic mass is 35.5. The summed E-state index contributed by atoms with van der Waals surface area (Å²) in [5.41, 5.74) is 1.33. The fourth-order valence-electron chi connectivity index (χ4n) is 2.44. The predicted molar refractivity (Wildman–Crippen MR) is 109 cm³/mol. The van der Waals surface area contributed by atoms with Crippen LogP contribution in [0.5, 0.6) is 17.2 Å². The van der Waals surface area contributed by atoms with E-state index >= 15 is 0 Å². The Kier molecular flexibility index (Phi) is 6.29. The molecule has 3 aromatic rings. The van der Waals surface area contributed by atoms with Crippen molar-refractivity contribution in [1.82, 2.24) is 0 Å². The van der Waals surface area contributed by atoms with Gasteiger partial charge in [0.05, 0.1) is 6.54 Å². The summed E-state index contributed by atoms with van der Waals surface area (Å²) in [6, 6.07) is 20.9. The summed E-state index contributed by atoms with van der Waals surface area (Å²) >= 11 is 5.86. The number of carbonyl (C=O) groups is 2. The molecule has 28 heavy (non-hydrogen) atoms. The monoisotopic (exact) mass is 395 g/mol. The molecule has 0 bridgehead atoms. The molecule has 6 heteroatoms. The van der Waals surface area contributed by atoms with Crippen LogP contribution in [0.25, 0.3) is 0 Å². The lowest BCUT2D eigenvalue weighted by Crippen LogP contribution is -2.14. The number of benzene rings is 3. The average Bonchev–Trinajstić information content (AvgIpc) is 2.69. The molecule has 0 amide bonds. The van der Waals surface area contributed by atoms with E-state index in [2.05, 4.69) is 5.32 Å². The predicted octanol–water partition coefficient (Wildman–Crippen LogP) is 5.35. The van der Waals surface area contributed by atoms with Crippen LogP contribution in [0.1, 0.15) is 17.3 Å². The van der Waals surface area contributed by atoms with Gasteiger partial charge in [0.2, 0.25) is 0 Å².